The molecule has 0 aliphatic carbocycles. The Balaban J connectivity index is 4.59. The summed E-state index contributed by atoms with van der Waals surface area (Å²) in [6.45, 7) is 0.357. The summed E-state index contributed by atoms with van der Waals surface area (Å²) in [6, 6.07) is 0. The van der Waals surface area contributed by atoms with Gasteiger partial charge in [0.05, 0.1) is 26.2 Å². The van der Waals surface area contributed by atoms with Crippen LogP contribution in [0.2, 0.25) is 0 Å². The van der Waals surface area contributed by atoms with Crippen LogP contribution in [0.4, 0.5) is 0 Å². The first-order chi connectivity index (χ1) is 8.14. The zero-order valence-corrected chi connectivity index (χ0v) is 11.1. The molecule has 6 nitrogen and oxygen atoms in total. The van der Waals surface area contributed by atoms with Crippen molar-refractivity contribution in [3.63, 3.8) is 0 Å². The average molecular weight is 250 g/mol. The van der Waals surface area contributed by atoms with E-state index in [1.54, 1.807) is 14.2 Å². The summed E-state index contributed by atoms with van der Waals surface area (Å²) in [5.41, 5.74) is 0. The van der Waals surface area contributed by atoms with Crippen LogP contribution < -0.4 is 0 Å². The van der Waals surface area contributed by atoms with Gasteiger partial charge in [0.1, 0.15) is 12.2 Å². The van der Waals surface area contributed by atoms with Gasteiger partial charge in [0, 0.05) is 28.4 Å². The highest BCUT2D eigenvalue weighted by molar-refractivity contribution is 5.69. The largest absolute Gasteiger partial charge is 0.469 e. The number of ether oxygens (including phenoxy) is 5. The average Bonchev–Trinajstić information content (AvgIpc) is 2.36. The van der Waals surface area contributed by atoms with Gasteiger partial charge in [0.25, 0.3) is 0 Å². The van der Waals surface area contributed by atoms with E-state index in [9.17, 15) is 4.79 Å². The van der Waals surface area contributed by atoms with Crippen molar-refractivity contribution in [2.75, 3.05) is 42.2 Å². The maximum atomic E-state index is 11.2. The van der Waals surface area contributed by atoms with Crippen LogP contribution in [0.5, 0.6) is 0 Å². The molecule has 17 heavy (non-hydrogen) atoms. The first kappa shape index (κ1) is 16.3. The van der Waals surface area contributed by atoms with E-state index >= 15 is 0 Å². The lowest BCUT2D eigenvalue weighted by atomic mass is 10.1. The van der Waals surface area contributed by atoms with Crippen LogP contribution in [-0.2, 0) is 28.5 Å². The van der Waals surface area contributed by atoms with Crippen molar-refractivity contribution in [1.82, 2.24) is 0 Å². The molecule has 0 fully saturated rings. The Bertz CT molecular complexity index is 208. The van der Waals surface area contributed by atoms with Crippen molar-refractivity contribution in [2.24, 2.45) is 0 Å². The van der Waals surface area contributed by atoms with Crippen LogP contribution in [0.3, 0.4) is 0 Å². The van der Waals surface area contributed by atoms with E-state index in [1.165, 1.54) is 21.3 Å². The molecule has 0 rings (SSSR count). The Morgan fingerprint density at radius 3 is 1.88 bits per heavy atom. The Morgan fingerprint density at radius 1 is 0.941 bits per heavy atom. The molecule has 0 aromatic heterocycles. The van der Waals surface area contributed by atoms with Gasteiger partial charge in [0.2, 0.25) is 0 Å². The maximum absolute atomic E-state index is 11.2. The Kier molecular flexibility index (Phi) is 8.97. The summed E-state index contributed by atoms with van der Waals surface area (Å²) in [7, 11) is 7.51. The highest BCUT2D eigenvalue weighted by Crippen LogP contribution is 2.14. The number of hydrogen-bond donors (Lipinski definition) is 0. The second-order valence-electron chi connectivity index (χ2n) is 3.48. The van der Waals surface area contributed by atoms with Crippen molar-refractivity contribution >= 4 is 5.97 Å². The predicted octanol–water partition coefficient (Wildman–Crippen LogP) is 0.241. The van der Waals surface area contributed by atoms with E-state index in [4.69, 9.17) is 18.9 Å². The standard InChI is InChI=1S/C11H22O6/c1-13-7-9(15-3)11(17-5)8(14-2)6-10(12)16-4/h8-9,11H,6-7H2,1-5H3/t8-,9-,11+/m0/s1. The molecule has 102 valence electrons. The molecule has 0 aromatic carbocycles. The zero-order chi connectivity index (χ0) is 13.3. The molecule has 0 saturated heterocycles. The first-order valence-electron chi connectivity index (χ1n) is 5.28. The SMILES string of the molecule is COC[C@H](OC)[C@H](OC)[C@H](CC(=O)OC)OC. The zero-order valence-electron chi connectivity index (χ0n) is 11.1. The summed E-state index contributed by atoms with van der Waals surface area (Å²) < 4.78 is 25.5. The monoisotopic (exact) mass is 250 g/mol. The molecule has 0 N–H and O–H groups in total. The molecule has 0 aromatic rings. The van der Waals surface area contributed by atoms with Crippen LogP contribution in [0.15, 0.2) is 0 Å². The second kappa shape index (κ2) is 9.35. The molecule has 6 heteroatoms. The van der Waals surface area contributed by atoms with Gasteiger partial charge in [-0.2, -0.15) is 0 Å². The first-order valence-corrected chi connectivity index (χ1v) is 5.28. The molecule has 0 amide bonds. The van der Waals surface area contributed by atoms with E-state index in [-0.39, 0.29) is 18.5 Å². The van der Waals surface area contributed by atoms with Crippen LogP contribution in [-0.4, -0.2) is 66.4 Å². The minimum atomic E-state index is -0.437. The smallest absolute Gasteiger partial charge is 0.308 e. The molecule has 0 aliphatic heterocycles. The molecule has 0 heterocycles. The van der Waals surface area contributed by atoms with E-state index in [2.05, 4.69) is 4.74 Å². The number of carbonyl (C=O) groups is 1. The molecular formula is C11H22O6. The Hall–Kier alpha value is -0.690. The van der Waals surface area contributed by atoms with E-state index in [0.29, 0.717) is 6.61 Å². The highest BCUT2D eigenvalue weighted by atomic mass is 16.6. The number of hydrogen-bond acceptors (Lipinski definition) is 6. The van der Waals surface area contributed by atoms with Gasteiger partial charge in [-0.15, -0.1) is 0 Å². The van der Waals surface area contributed by atoms with Gasteiger partial charge in [-0.05, 0) is 0 Å². The Labute approximate surface area is 102 Å². The van der Waals surface area contributed by atoms with Crippen molar-refractivity contribution in [3.8, 4) is 0 Å². The van der Waals surface area contributed by atoms with Crippen LogP contribution >= 0.6 is 0 Å². The van der Waals surface area contributed by atoms with Gasteiger partial charge < -0.3 is 23.7 Å². The molecule has 3 atom stereocenters. The minimum absolute atomic E-state index is 0.106. The summed E-state index contributed by atoms with van der Waals surface area (Å²) in [5, 5.41) is 0. The van der Waals surface area contributed by atoms with Gasteiger partial charge in [-0.1, -0.05) is 0 Å². The third-order valence-corrected chi connectivity index (χ3v) is 2.54. The minimum Gasteiger partial charge on any atom is -0.469 e. The van der Waals surface area contributed by atoms with Crippen LogP contribution in [0, 0.1) is 0 Å². The summed E-state index contributed by atoms with van der Waals surface area (Å²) >= 11 is 0. The Morgan fingerprint density at radius 2 is 1.53 bits per heavy atom. The van der Waals surface area contributed by atoms with E-state index in [1.807, 2.05) is 0 Å². The number of rotatable bonds is 9. The molecule has 0 radical (unpaired) electrons. The molecule has 0 spiro atoms. The second-order valence-corrected chi connectivity index (χ2v) is 3.48. The molecule has 0 saturated carbocycles. The fourth-order valence-electron chi connectivity index (χ4n) is 1.59. The van der Waals surface area contributed by atoms with Crippen molar-refractivity contribution < 1.29 is 28.5 Å². The van der Waals surface area contributed by atoms with Crippen LogP contribution in [0.25, 0.3) is 0 Å². The maximum Gasteiger partial charge on any atom is 0.308 e. The highest BCUT2D eigenvalue weighted by Gasteiger charge is 2.31. The summed E-state index contributed by atoms with van der Waals surface area (Å²) in [4.78, 5) is 11.2. The van der Waals surface area contributed by atoms with E-state index in [0.717, 1.165) is 0 Å². The van der Waals surface area contributed by atoms with Gasteiger partial charge in [-0.25, -0.2) is 0 Å². The van der Waals surface area contributed by atoms with E-state index < -0.39 is 12.2 Å². The topological polar surface area (TPSA) is 63.2 Å². The number of carbonyl (C=O) groups excluding carboxylic acids is 1. The molecule has 0 unspecified atom stereocenters. The normalized spacial score (nSPS) is 16.3. The van der Waals surface area contributed by atoms with Gasteiger partial charge in [-0.3, -0.25) is 4.79 Å². The number of esters is 1. The summed E-state index contributed by atoms with van der Waals surface area (Å²) in [5.74, 6) is -0.355. The lowest BCUT2D eigenvalue weighted by Gasteiger charge is -2.30. The lowest BCUT2D eigenvalue weighted by molar-refractivity contribution is -0.154. The van der Waals surface area contributed by atoms with Gasteiger partial charge >= 0.3 is 5.97 Å². The van der Waals surface area contributed by atoms with Crippen molar-refractivity contribution in [1.29, 1.82) is 0 Å². The van der Waals surface area contributed by atoms with Crippen LogP contribution in [0.1, 0.15) is 6.42 Å². The van der Waals surface area contributed by atoms with Crippen molar-refractivity contribution in [2.45, 2.75) is 24.7 Å². The fourth-order valence-corrected chi connectivity index (χ4v) is 1.59. The number of methoxy groups -OCH3 is 5. The quantitative estimate of drug-likeness (QED) is 0.546. The lowest BCUT2D eigenvalue weighted by Crippen LogP contribution is -2.44. The third-order valence-electron chi connectivity index (χ3n) is 2.54. The third kappa shape index (κ3) is 5.45. The predicted molar refractivity (Wildman–Crippen MR) is 60.9 cm³/mol. The van der Waals surface area contributed by atoms with Crippen molar-refractivity contribution in [3.05, 3.63) is 0 Å². The van der Waals surface area contributed by atoms with Gasteiger partial charge in [0.15, 0.2) is 0 Å². The molecule has 0 bridgehead atoms. The molecular weight excluding hydrogens is 228 g/mol. The fraction of sp³-hybridized carbons (Fsp3) is 0.909. The molecule has 0 aliphatic rings. The summed E-state index contributed by atoms with van der Waals surface area (Å²) in [6.07, 6.45) is -1.04.